The third-order valence-corrected chi connectivity index (χ3v) is 4.77. The number of carboxylic acids is 1. The van der Waals surface area contributed by atoms with Gasteiger partial charge in [0.1, 0.15) is 0 Å². The Labute approximate surface area is 210 Å². The molecule has 0 heterocycles. The quantitative estimate of drug-likeness (QED) is 0.159. The normalized spacial score (nSPS) is 10.6. The molecule has 0 saturated heterocycles. The number of unbranched alkanes of at least 4 members (excludes halogenated alkanes) is 15. The third-order valence-electron chi connectivity index (χ3n) is 4.16. The summed E-state index contributed by atoms with van der Waals surface area (Å²) >= 11 is 0. The standard InChI is InChI=1S/C18H37.C2H4O5S.K/c1-3-5-7-9-11-13-15-17-18-16-14-12-10-8-6-4-2;3-2(4)1-8(5,6)7;/h1,3-18H2,2H3;1H2,(H,3,4)(H,5,6,7);/q-1;;+1. The molecule has 27 heavy (non-hydrogen) atoms. The van der Waals surface area contributed by atoms with E-state index in [1.165, 1.54) is 96.3 Å². The van der Waals surface area contributed by atoms with Crippen LogP contribution in [0.15, 0.2) is 0 Å². The predicted octanol–water partition coefficient (Wildman–Crippen LogP) is 3.04. The van der Waals surface area contributed by atoms with Crippen molar-refractivity contribution in [2.24, 2.45) is 0 Å². The van der Waals surface area contributed by atoms with Gasteiger partial charge in [-0.05, 0) is 0 Å². The Hall–Kier alpha value is 1.02. The smallest absolute Gasteiger partial charge is 0.480 e. The molecule has 0 radical (unpaired) electrons. The molecule has 0 aliphatic carbocycles. The molecule has 2 N–H and O–H groups in total. The first kappa shape index (κ1) is 32.7. The molecule has 0 aliphatic rings. The fourth-order valence-corrected chi connectivity index (χ4v) is 3.02. The van der Waals surface area contributed by atoms with E-state index in [9.17, 15) is 13.2 Å². The number of rotatable bonds is 17. The van der Waals surface area contributed by atoms with Gasteiger partial charge in [0.2, 0.25) is 0 Å². The van der Waals surface area contributed by atoms with Crippen molar-refractivity contribution >= 4 is 16.1 Å². The van der Waals surface area contributed by atoms with Crippen LogP contribution in [0.4, 0.5) is 0 Å². The Kier molecular flexibility index (Phi) is 30.3. The Morgan fingerprint density at radius 3 is 1.22 bits per heavy atom. The van der Waals surface area contributed by atoms with Gasteiger partial charge in [-0.15, -0.1) is 0 Å². The molecule has 158 valence electrons. The van der Waals surface area contributed by atoms with Crippen LogP contribution in [0.5, 0.6) is 0 Å². The van der Waals surface area contributed by atoms with Crippen LogP contribution >= 0.6 is 0 Å². The number of carboxylic acid groups (broad SMARTS) is 1. The van der Waals surface area contributed by atoms with Crippen LogP contribution in [-0.2, 0) is 14.9 Å². The van der Waals surface area contributed by atoms with E-state index in [0.717, 1.165) is 6.42 Å². The van der Waals surface area contributed by atoms with Crippen LogP contribution in [0.25, 0.3) is 0 Å². The summed E-state index contributed by atoms with van der Waals surface area (Å²) in [4.78, 5) is 9.48. The topological polar surface area (TPSA) is 91.7 Å². The van der Waals surface area contributed by atoms with Gasteiger partial charge < -0.3 is 12.0 Å². The second-order valence-corrected chi connectivity index (χ2v) is 8.38. The van der Waals surface area contributed by atoms with Crippen LogP contribution in [0.2, 0.25) is 0 Å². The predicted molar refractivity (Wildman–Crippen MR) is 109 cm³/mol. The molecule has 0 bridgehead atoms. The molecular weight excluding hydrogens is 391 g/mol. The SMILES string of the molecule is O=C(O)CS(=O)(=O)O.[CH2-]CCCCCCCCCCCCCCCCC.[K+]. The molecule has 0 saturated carbocycles. The Balaban J connectivity index is -0.000000542. The summed E-state index contributed by atoms with van der Waals surface area (Å²) in [7, 11) is -4.32. The maximum atomic E-state index is 9.62. The minimum Gasteiger partial charge on any atom is -0.480 e. The van der Waals surface area contributed by atoms with E-state index in [1.54, 1.807) is 0 Å². The van der Waals surface area contributed by atoms with Crippen LogP contribution in [-0.4, -0.2) is 29.8 Å². The summed E-state index contributed by atoms with van der Waals surface area (Å²) in [5.41, 5.74) is 0. The van der Waals surface area contributed by atoms with Crippen molar-refractivity contribution in [2.75, 3.05) is 5.75 Å². The molecule has 0 rings (SSSR count). The summed E-state index contributed by atoms with van der Waals surface area (Å²) < 4.78 is 27.0. The molecule has 0 amide bonds. The van der Waals surface area contributed by atoms with Crippen molar-refractivity contribution in [1.82, 2.24) is 0 Å². The fraction of sp³-hybridized carbons (Fsp3) is 0.900. The molecule has 0 unspecified atom stereocenters. The summed E-state index contributed by atoms with van der Waals surface area (Å²) in [6, 6.07) is 0. The molecule has 0 aliphatic heterocycles. The second-order valence-electron chi connectivity index (χ2n) is 6.92. The molecular formula is C20H41KO5S. The van der Waals surface area contributed by atoms with Gasteiger partial charge in [-0.1, -0.05) is 103 Å². The number of hydrogen-bond donors (Lipinski definition) is 2. The molecule has 5 nitrogen and oxygen atoms in total. The summed E-state index contributed by atoms with van der Waals surface area (Å²) in [6.07, 6.45) is 22.8. The molecule has 0 spiro atoms. The van der Waals surface area contributed by atoms with Crippen molar-refractivity contribution in [3.63, 3.8) is 0 Å². The first-order valence-electron chi connectivity index (χ1n) is 10.3. The maximum Gasteiger partial charge on any atom is 1.00 e. The van der Waals surface area contributed by atoms with E-state index in [4.69, 9.17) is 9.66 Å². The van der Waals surface area contributed by atoms with Crippen LogP contribution in [0.1, 0.15) is 110 Å². The number of hydrogen-bond acceptors (Lipinski definition) is 3. The second kappa shape index (κ2) is 25.1. The van der Waals surface area contributed by atoms with E-state index in [2.05, 4.69) is 13.8 Å². The maximum absolute atomic E-state index is 9.62. The Bertz CT molecular complexity index is 383. The number of carbonyl (C=O) groups is 1. The summed E-state index contributed by atoms with van der Waals surface area (Å²) in [5.74, 6) is -2.79. The Morgan fingerprint density at radius 2 is 1.04 bits per heavy atom. The summed E-state index contributed by atoms with van der Waals surface area (Å²) in [6.45, 7) is 6.18. The average Bonchev–Trinajstić information content (AvgIpc) is 2.53. The molecule has 0 aromatic rings. The van der Waals surface area contributed by atoms with E-state index in [0.29, 0.717) is 0 Å². The largest absolute Gasteiger partial charge is 1.00 e. The minimum atomic E-state index is -4.32. The van der Waals surface area contributed by atoms with Gasteiger partial charge in [0.15, 0.2) is 5.75 Å². The average molecular weight is 433 g/mol. The van der Waals surface area contributed by atoms with Crippen LogP contribution in [0, 0.1) is 6.92 Å². The Morgan fingerprint density at radius 1 is 0.741 bits per heavy atom. The van der Waals surface area contributed by atoms with Crippen molar-refractivity contribution in [3.8, 4) is 0 Å². The van der Waals surface area contributed by atoms with Crippen molar-refractivity contribution in [2.45, 2.75) is 110 Å². The molecule has 0 aromatic carbocycles. The molecule has 7 heteroatoms. The molecule has 0 aromatic heterocycles. The van der Waals surface area contributed by atoms with E-state index in [1.807, 2.05) is 0 Å². The van der Waals surface area contributed by atoms with Gasteiger partial charge in [-0.3, -0.25) is 9.35 Å². The fourth-order valence-electron chi connectivity index (χ4n) is 2.70. The van der Waals surface area contributed by atoms with Crippen molar-refractivity contribution < 1.29 is 74.3 Å². The van der Waals surface area contributed by atoms with Crippen LogP contribution in [0.3, 0.4) is 0 Å². The van der Waals surface area contributed by atoms with Crippen molar-refractivity contribution in [1.29, 1.82) is 0 Å². The zero-order valence-electron chi connectivity index (χ0n) is 17.8. The van der Waals surface area contributed by atoms with Gasteiger partial charge in [0, 0.05) is 0 Å². The molecule has 0 atom stereocenters. The van der Waals surface area contributed by atoms with Gasteiger partial charge in [0.05, 0.1) is 0 Å². The van der Waals surface area contributed by atoms with Crippen LogP contribution < -0.4 is 51.4 Å². The summed E-state index contributed by atoms with van der Waals surface area (Å²) in [5, 5.41) is 7.71. The van der Waals surface area contributed by atoms with E-state index in [-0.39, 0.29) is 51.4 Å². The zero-order valence-corrected chi connectivity index (χ0v) is 21.7. The first-order valence-corrected chi connectivity index (χ1v) is 11.9. The minimum absolute atomic E-state index is 0. The monoisotopic (exact) mass is 432 g/mol. The van der Waals surface area contributed by atoms with Gasteiger partial charge >= 0.3 is 57.4 Å². The molecule has 0 fully saturated rings. The first-order chi connectivity index (χ1) is 12.3. The van der Waals surface area contributed by atoms with E-state index < -0.39 is 21.8 Å². The zero-order chi connectivity index (χ0) is 20.1. The van der Waals surface area contributed by atoms with E-state index >= 15 is 0 Å². The van der Waals surface area contributed by atoms with Gasteiger partial charge in [0.25, 0.3) is 10.1 Å². The number of aliphatic carboxylic acids is 1. The van der Waals surface area contributed by atoms with Gasteiger partial charge in [-0.2, -0.15) is 14.8 Å². The van der Waals surface area contributed by atoms with Gasteiger partial charge in [-0.25, -0.2) is 0 Å². The van der Waals surface area contributed by atoms with Crippen molar-refractivity contribution in [3.05, 3.63) is 6.92 Å². The third kappa shape index (κ3) is 38.3.